The first-order valence-electron chi connectivity index (χ1n) is 9.96. The predicted octanol–water partition coefficient (Wildman–Crippen LogP) is 3.83. The highest BCUT2D eigenvalue weighted by Crippen LogP contribution is 2.29. The van der Waals surface area contributed by atoms with Crippen LogP contribution < -0.4 is 15.7 Å². The first-order chi connectivity index (χ1) is 14.2. The number of rotatable bonds is 6. The maximum atomic E-state index is 12.7. The third kappa shape index (κ3) is 5.36. The predicted molar refractivity (Wildman–Crippen MR) is 116 cm³/mol. The Morgan fingerprint density at radius 2 is 1.97 bits per heavy atom. The number of carbonyl (C=O) groups excluding carboxylic acids is 2. The minimum atomic E-state index is -0.852. The molecule has 0 bridgehead atoms. The van der Waals surface area contributed by atoms with Crippen LogP contribution in [0.2, 0.25) is 0 Å². The third-order valence-corrected chi connectivity index (χ3v) is 5.39. The fraction of sp³-hybridized carbons (Fsp3) is 0.500. The summed E-state index contributed by atoms with van der Waals surface area (Å²) >= 11 is 1.56. The number of esters is 1. The van der Waals surface area contributed by atoms with Crippen LogP contribution in [0.3, 0.4) is 0 Å². The van der Waals surface area contributed by atoms with Crippen molar-refractivity contribution in [3.05, 3.63) is 39.7 Å². The number of hydrogen-bond acceptors (Lipinski definition) is 7. The average molecular weight is 434 g/mol. The van der Waals surface area contributed by atoms with Crippen LogP contribution in [0.25, 0.3) is 11.0 Å². The molecule has 30 heavy (non-hydrogen) atoms. The Balaban J connectivity index is 1.77. The van der Waals surface area contributed by atoms with Crippen molar-refractivity contribution in [2.45, 2.75) is 58.1 Å². The van der Waals surface area contributed by atoms with E-state index in [9.17, 15) is 14.4 Å². The molecule has 1 amide bonds. The lowest BCUT2D eigenvalue weighted by atomic mass is 10.1. The van der Waals surface area contributed by atoms with Gasteiger partial charge in [0.15, 0.2) is 0 Å². The minimum absolute atomic E-state index is 0.258. The van der Waals surface area contributed by atoms with E-state index in [1.165, 1.54) is 0 Å². The molecule has 0 fully saturated rings. The molecular formula is C22H27NO6S. The van der Waals surface area contributed by atoms with E-state index in [0.29, 0.717) is 17.8 Å². The van der Waals surface area contributed by atoms with E-state index in [-0.39, 0.29) is 11.4 Å². The second-order valence-corrected chi connectivity index (χ2v) is 9.25. The molecule has 1 atom stereocenters. The topological polar surface area (TPSA) is 94.8 Å². The Hall–Kier alpha value is -2.48. The van der Waals surface area contributed by atoms with Gasteiger partial charge in [0.05, 0.1) is 0 Å². The van der Waals surface area contributed by atoms with Gasteiger partial charge in [0.2, 0.25) is 0 Å². The Kier molecular flexibility index (Phi) is 6.75. The van der Waals surface area contributed by atoms with Gasteiger partial charge in [-0.1, -0.05) is 0 Å². The quantitative estimate of drug-likeness (QED) is 0.420. The van der Waals surface area contributed by atoms with E-state index < -0.39 is 23.7 Å². The molecule has 1 aromatic carbocycles. The van der Waals surface area contributed by atoms with Gasteiger partial charge in [0, 0.05) is 17.0 Å². The number of hydrogen-bond donors (Lipinski definition) is 1. The van der Waals surface area contributed by atoms with Crippen molar-refractivity contribution in [3.63, 3.8) is 0 Å². The second kappa shape index (κ2) is 9.12. The highest BCUT2D eigenvalue weighted by Gasteiger charge is 2.26. The van der Waals surface area contributed by atoms with Crippen molar-refractivity contribution < 1.29 is 23.5 Å². The largest absolute Gasteiger partial charge is 0.444 e. The van der Waals surface area contributed by atoms with Gasteiger partial charge in [-0.2, -0.15) is 11.8 Å². The highest BCUT2D eigenvalue weighted by molar-refractivity contribution is 7.98. The molecule has 3 rings (SSSR count). The van der Waals surface area contributed by atoms with Crippen LogP contribution in [0.15, 0.2) is 27.4 Å². The Labute approximate surface area is 179 Å². The van der Waals surface area contributed by atoms with Gasteiger partial charge in [-0.15, -0.1) is 0 Å². The van der Waals surface area contributed by atoms with Crippen molar-refractivity contribution in [1.82, 2.24) is 5.32 Å². The lowest BCUT2D eigenvalue weighted by Gasteiger charge is -2.22. The molecular weight excluding hydrogens is 406 g/mol. The summed E-state index contributed by atoms with van der Waals surface area (Å²) in [6.45, 7) is 5.25. The molecule has 1 N–H and O–H groups in total. The summed E-state index contributed by atoms with van der Waals surface area (Å²) in [5.41, 5.74) is 1.15. The number of benzene rings is 1. The normalized spacial score (nSPS) is 14.3. The molecule has 1 heterocycles. The maximum Gasteiger partial charge on any atom is 0.408 e. The number of alkyl carbamates (subject to hydrolysis) is 1. The molecule has 0 saturated heterocycles. The summed E-state index contributed by atoms with van der Waals surface area (Å²) in [5, 5.41) is 3.45. The number of carbonyl (C=O) groups is 2. The first-order valence-corrected chi connectivity index (χ1v) is 11.4. The summed E-state index contributed by atoms with van der Waals surface area (Å²) < 4.78 is 16.2. The summed E-state index contributed by atoms with van der Waals surface area (Å²) in [5.74, 6) is 0.320. The van der Waals surface area contributed by atoms with Crippen molar-refractivity contribution in [2.75, 3.05) is 12.0 Å². The van der Waals surface area contributed by atoms with Gasteiger partial charge in [0.25, 0.3) is 0 Å². The van der Waals surface area contributed by atoms with Crippen LogP contribution in [0.4, 0.5) is 4.79 Å². The third-order valence-electron chi connectivity index (χ3n) is 4.75. The molecule has 162 valence electrons. The standard InChI is InChI=1S/C22H27NO6S/c1-22(2,3)29-21(26)23-17(10-11-30-4)20(25)27-13-8-9-15-14-6-5-7-16(14)19(24)28-18(15)12-13/h8-9,12,17H,5-7,10-11H2,1-4H3,(H,23,26). The summed E-state index contributed by atoms with van der Waals surface area (Å²) in [6.07, 6.45) is 4.15. The fourth-order valence-electron chi connectivity index (χ4n) is 3.45. The molecule has 1 unspecified atom stereocenters. The van der Waals surface area contributed by atoms with Crippen molar-refractivity contribution >= 4 is 34.8 Å². The van der Waals surface area contributed by atoms with E-state index in [0.717, 1.165) is 35.8 Å². The van der Waals surface area contributed by atoms with Crippen LogP contribution in [-0.2, 0) is 22.4 Å². The molecule has 0 aliphatic heterocycles. The molecule has 0 radical (unpaired) electrons. The molecule has 0 spiro atoms. The monoisotopic (exact) mass is 433 g/mol. The maximum absolute atomic E-state index is 12.7. The number of aryl methyl sites for hydroxylation is 1. The fourth-order valence-corrected chi connectivity index (χ4v) is 3.92. The van der Waals surface area contributed by atoms with Gasteiger partial charge in [-0.3, -0.25) is 0 Å². The van der Waals surface area contributed by atoms with Crippen molar-refractivity contribution in [3.8, 4) is 5.75 Å². The van der Waals surface area contributed by atoms with E-state index in [2.05, 4.69) is 5.32 Å². The molecule has 8 heteroatoms. The van der Waals surface area contributed by atoms with Crippen LogP contribution in [0, 0.1) is 0 Å². The average Bonchev–Trinajstić information content (AvgIpc) is 3.14. The molecule has 0 saturated carbocycles. The van der Waals surface area contributed by atoms with E-state index in [1.54, 1.807) is 44.7 Å². The number of nitrogens with one attached hydrogen (secondary N) is 1. The molecule has 2 aromatic rings. The van der Waals surface area contributed by atoms with E-state index in [1.807, 2.05) is 12.3 Å². The molecule has 1 aromatic heterocycles. The van der Waals surface area contributed by atoms with Gasteiger partial charge < -0.3 is 19.2 Å². The molecule has 1 aliphatic carbocycles. The zero-order chi connectivity index (χ0) is 21.9. The van der Waals surface area contributed by atoms with Gasteiger partial charge in [-0.25, -0.2) is 14.4 Å². The number of ether oxygens (including phenoxy) is 2. The number of thioether (sulfide) groups is 1. The van der Waals surface area contributed by atoms with Crippen LogP contribution in [0.5, 0.6) is 5.75 Å². The summed E-state index contributed by atoms with van der Waals surface area (Å²) in [6, 6.07) is 4.18. The van der Waals surface area contributed by atoms with Crippen LogP contribution >= 0.6 is 11.8 Å². The van der Waals surface area contributed by atoms with E-state index >= 15 is 0 Å². The zero-order valence-corrected chi connectivity index (χ0v) is 18.5. The second-order valence-electron chi connectivity index (χ2n) is 8.26. The highest BCUT2D eigenvalue weighted by atomic mass is 32.2. The first kappa shape index (κ1) is 22.2. The Morgan fingerprint density at radius 3 is 2.67 bits per heavy atom. The minimum Gasteiger partial charge on any atom is -0.444 e. The van der Waals surface area contributed by atoms with E-state index in [4.69, 9.17) is 13.9 Å². The van der Waals surface area contributed by atoms with Gasteiger partial charge in [-0.05, 0) is 76.2 Å². The molecule has 1 aliphatic rings. The Bertz CT molecular complexity index is 1010. The smallest absolute Gasteiger partial charge is 0.408 e. The lowest BCUT2D eigenvalue weighted by molar-refractivity contribution is -0.136. The summed E-state index contributed by atoms with van der Waals surface area (Å²) in [7, 11) is 0. The van der Waals surface area contributed by atoms with Crippen molar-refractivity contribution in [2.24, 2.45) is 0 Å². The van der Waals surface area contributed by atoms with Gasteiger partial charge in [0.1, 0.15) is 23.0 Å². The molecule has 7 nitrogen and oxygen atoms in total. The Morgan fingerprint density at radius 1 is 1.23 bits per heavy atom. The van der Waals surface area contributed by atoms with Crippen molar-refractivity contribution in [1.29, 1.82) is 0 Å². The van der Waals surface area contributed by atoms with Crippen LogP contribution in [-0.4, -0.2) is 35.7 Å². The zero-order valence-electron chi connectivity index (χ0n) is 17.7. The lowest BCUT2D eigenvalue weighted by Crippen LogP contribution is -2.45. The van der Waals surface area contributed by atoms with Crippen LogP contribution in [0.1, 0.15) is 44.7 Å². The summed E-state index contributed by atoms with van der Waals surface area (Å²) in [4.78, 5) is 37.0. The number of fused-ring (bicyclic) bond motifs is 3. The SMILES string of the molecule is CSCCC(NC(=O)OC(C)(C)C)C(=O)Oc1ccc2c3c(c(=O)oc2c1)CCC3. The number of amides is 1. The van der Waals surface area contributed by atoms with Gasteiger partial charge >= 0.3 is 17.7 Å².